The van der Waals surface area contributed by atoms with E-state index in [2.05, 4.69) is 4.74 Å². The molecule has 17 heteroatoms. The van der Waals surface area contributed by atoms with Crippen LogP contribution in [0, 0.1) is 0 Å². The number of benzene rings is 1. The molecule has 0 amide bonds. The van der Waals surface area contributed by atoms with Gasteiger partial charge in [-0.2, -0.15) is 0 Å². The molecule has 0 aromatic heterocycles. The van der Waals surface area contributed by atoms with Crippen LogP contribution in [0.15, 0.2) is 53.2 Å². The Kier molecular flexibility index (Phi) is 8.96. The van der Waals surface area contributed by atoms with E-state index in [1.165, 1.54) is 12.2 Å². The van der Waals surface area contributed by atoms with Gasteiger partial charge in [0, 0.05) is 24.3 Å². The molecule has 1 aromatic carbocycles. The Morgan fingerprint density at radius 1 is 0.727 bits per heavy atom. The van der Waals surface area contributed by atoms with Crippen LogP contribution in [0.2, 0.25) is 0 Å². The molecular weight excluding hydrogens is 596 g/mol. The highest BCUT2D eigenvalue weighted by atomic mass is 16.7. The molecule has 242 valence electrons. The molecule has 5 rings (SSSR count). The Balaban J connectivity index is 1.42. The lowest BCUT2D eigenvalue weighted by atomic mass is 9.96. The number of aliphatic hydroxyl groups excluding tert-OH is 9. The van der Waals surface area contributed by atoms with Gasteiger partial charge in [-0.25, -0.2) is 0 Å². The molecule has 0 saturated carbocycles. The fourth-order valence-electron chi connectivity index (χ4n) is 5.07. The molecule has 0 radical (unpaired) electrons. The van der Waals surface area contributed by atoms with Crippen molar-refractivity contribution < 1.29 is 85.0 Å². The number of phenols is 3. The van der Waals surface area contributed by atoms with Gasteiger partial charge in [0.15, 0.2) is 23.5 Å². The van der Waals surface area contributed by atoms with Crippen molar-refractivity contribution in [2.45, 2.75) is 67.5 Å². The minimum atomic E-state index is -1.89. The fraction of sp³-hybridized carbons (Fsp3) is 0.481. The monoisotopic (exact) mass is 629 g/mol. The van der Waals surface area contributed by atoms with E-state index in [1.54, 1.807) is 0 Å². The predicted octanol–water partition coefficient (Wildman–Crippen LogP) is -3.15. The third-order valence-corrected chi connectivity index (χ3v) is 7.54. The second-order valence-corrected chi connectivity index (χ2v) is 10.5. The molecule has 2 fully saturated rings. The molecule has 3 aliphatic heterocycles. The minimum absolute atomic E-state index is 0.0154. The molecule has 1 aliphatic carbocycles. The van der Waals surface area contributed by atoms with Crippen LogP contribution >= 0.6 is 0 Å². The Labute approximate surface area is 247 Å². The SMILES string of the molecule is OCC1OC(OCC2OC(OC3=C(c4cc(O)c(O)c(O)c4)[OH+]C4C=C(O)C=C(O)C4=C3)C(O)C(O)C2O)C(O)C(O)C1O. The highest BCUT2D eigenvalue weighted by Gasteiger charge is 2.49. The number of phenolic OH excluding ortho intramolecular Hbond substituents is 3. The van der Waals surface area contributed by atoms with Crippen LogP contribution < -0.4 is 0 Å². The van der Waals surface area contributed by atoms with Gasteiger partial charge < -0.3 is 85.0 Å². The maximum Gasteiger partial charge on any atom is 0.305 e. The highest BCUT2D eigenvalue weighted by molar-refractivity contribution is 5.71. The van der Waals surface area contributed by atoms with Crippen LogP contribution in [0.1, 0.15) is 5.56 Å². The molecule has 3 heterocycles. The molecule has 4 aliphatic rings. The summed E-state index contributed by atoms with van der Waals surface area (Å²) in [6.07, 6.45) is -14.2. The summed E-state index contributed by atoms with van der Waals surface area (Å²) >= 11 is 0. The number of ether oxygens (including phenoxy) is 5. The molecule has 0 spiro atoms. The lowest BCUT2D eigenvalue weighted by Gasteiger charge is -2.42. The minimum Gasteiger partial charge on any atom is -0.571 e. The lowest BCUT2D eigenvalue weighted by molar-refractivity contribution is -0.327. The zero-order chi connectivity index (χ0) is 32.0. The lowest BCUT2D eigenvalue weighted by Crippen LogP contribution is -2.61. The van der Waals surface area contributed by atoms with Gasteiger partial charge in [-0.3, -0.25) is 0 Å². The summed E-state index contributed by atoms with van der Waals surface area (Å²) in [5, 5.41) is 122. The van der Waals surface area contributed by atoms with Crippen LogP contribution in [0.4, 0.5) is 0 Å². The standard InChI is InChI=1S/C27H32O17/c28-6-16-19(34)21(36)23(38)26(43-16)40-7-17-20(35)22(37)24(39)27(44-17)42-15-5-10-11(30)3-9(29)4-14(10)41-25(15)8-1-12(31)18(33)13(32)2-8/h1-5,14,16-17,19-24,26-39H,6-7H2/p+1. The van der Waals surface area contributed by atoms with Crippen molar-refractivity contribution >= 4 is 5.76 Å². The molecule has 11 atom stereocenters. The van der Waals surface area contributed by atoms with Crippen molar-refractivity contribution in [3.8, 4) is 17.2 Å². The fourth-order valence-corrected chi connectivity index (χ4v) is 5.07. The molecule has 17 nitrogen and oxygen atoms in total. The van der Waals surface area contributed by atoms with E-state index >= 15 is 0 Å². The van der Waals surface area contributed by atoms with E-state index in [0.717, 1.165) is 18.2 Å². The van der Waals surface area contributed by atoms with Crippen LogP contribution in [0.3, 0.4) is 0 Å². The number of hydrogen-bond donors (Lipinski definition) is 12. The first kappa shape index (κ1) is 31.8. The van der Waals surface area contributed by atoms with Gasteiger partial charge in [0.2, 0.25) is 18.2 Å². The summed E-state index contributed by atoms with van der Waals surface area (Å²) in [4.78, 5) is 0. The molecular formula is C27H33O17+. The van der Waals surface area contributed by atoms with Gasteiger partial charge >= 0.3 is 5.76 Å². The molecule has 0 bridgehead atoms. The van der Waals surface area contributed by atoms with E-state index < -0.39 is 98.0 Å². The summed E-state index contributed by atoms with van der Waals surface area (Å²) in [5.74, 6) is -3.31. The first-order chi connectivity index (χ1) is 20.8. The Bertz CT molecular complexity index is 1340. The average molecular weight is 630 g/mol. The molecule has 44 heavy (non-hydrogen) atoms. The smallest absolute Gasteiger partial charge is 0.305 e. The van der Waals surface area contributed by atoms with Crippen molar-refractivity contribution in [3.63, 3.8) is 0 Å². The zero-order valence-electron chi connectivity index (χ0n) is 22.6. The van der Waals surface area contributed by atoms with Gasteiger partial charge in [0.25, 0.3) is 0 Å². The van der Waals surface area contributed by atoms with E-state index in [4.69, 9.17) is 18.9 Å². The normalized spacial score (nSPS) is 37.3. The molecule has 1 aromatic rings. The van der Waals surface area contributed by atoms with Crippen molar-refractivity contribution in [3.05, 3.63) is 58.8 Å². The average Bonchev–Trinajstić information content (AvgIpc) is 2.98. The van der Waals surface area contributed by atoms with E-state index in [1.807, 2.05) is 0 Å². The van der Waals surface area contributed by atoms with Crippen LogP contribution in [-0.2, 0) is 18.9 Å². The largest absolute Gasteiger partial charge is 0.571 e. The van der Waals surface area contributed by atoms with Crippen molar-refractivity contribution in [2.24, 2.45) is 0 Å². The summed E-state index contributed by atoms with van der Waals surface area (Å²) in [7, 11) is 0. The van der Waals surface area contributed by atoms with Crippen LogP contribution in [-0.4, -0.2) is 147 Å². The number of aliphatic hydroxyl groups is 11. The van der Waals surface area contributed by atoms with Crippen molar-refractivity contribution in [1.82, 2.24) is 0 Å². The first-order valence-electron chi connectivity index (χ1n) is 13.3. The van der Waals surface area contributed by atoms with Crippen LogP contribution in [0.25, 0.3) is 5.76 Å². The van der Waals surface area contributed by atoms with Crippen LogP contribution in [0.5, 0.6) is 17.2 Å². The Morgan fingerprint density at radius 2 is 1.32 bits per heavy atom. The third kappa shape index (κ3) is 5.89. The number of aromatic hydroxyl groups is 3. The third-order valence-electron chi connectivity index (χ3n) is 7.54. The second-order valence-electron chi connectivity index (χ2n) is 10.5. The first-order valence-corrected chi connectivity index (χ1v) is 13.3. The zero-order valence-corrected chi connectivity index (χ0v) is 22.6. The molecule has 13 N–H and O–H groups in total. The van der Waals surface area contributed by atoms with Gasteiger partial charge in [0.05, 0.1) is 30.4 Å². The summed E-state index contributed by atoms with van der Waals surface area (Å²) in [5.41, 5.74) is 0.112. The van der Waals surface area contributed by atoms with Crippen molar-refractivity contribution in [1.29, 1.82) is 0 Å². The van der Waals surface area contributed by atoms with E-state index in [0.29, 0.717) is 0 Å². The van der Waals surface area contributed by atoms with Crippen molar-refractivity contribution in [2.75, 3.05) is 13.2 Å². The number of hydrogen-bond acceptors (Lipinski definition) is 16. The topological polar surface area (TPSA) is 292 Å². The summed E-state index contributed by atoms with van der Waals surface area (Å²) in [6, 6.07) is 2.07. The Morgan fingerprint density at radius 3 is 1.95 bits per heavy atom. The van der Waals surface area contributed by atoms with Gasteiger partial charge in [-0.1, -0.05) is 0 Å². The molecule has 2 saturated heterocycles. The van der Waals surface area contributed by atoms with Gasteiger partial charge in [-0.15, -0.1) is 0 Å². The van der Waals surface area contributed by atoms with Gasteiger partial charge in [-0.05, 0) is 0 Å². The van der Waals surface area contributed by atoms with E-state index in [-0.39, 0.29) is 34.2 Å². The Hall–Kier alpha value is -3.62. The summed E-state index contributed by atoms with van der Waals surface area (Å²) in [6.45, 7) is -1.34. The number of allylic oxidation sites excluding steroid dienone is 2. The second kappa shape index (κ2) is 12.4. The maximum absolute atomic E-state index is 10.7. The quantitative estimate of drug-likeness (QED) is 0.105. The van der Waals surface area contributed by atoms with E-state index in [9.17, 15) is 61.3 Å². The number of rotatable bonds is 7. The number of fused-ring (bicyclic) bond motifs is 1. The highest BCUT2D eigenvalue weighted by Crippen LogP contribution is 2.41. The predicted molar refractivity (Wildman–Crippen MR) is 141 cm³/mol. The van der Waals surface area contributed by atoms with Gasteiger partial charge in [0.1, 0.15) is 60.4 Å². The maximum atomic E-state index is 10.7. The summed E-state index contributed by atoms with van der Waals surface area (Å²) < 4.78 is 26.6. The molecule has 11 unspecified atom stereocenters.